The lowest BCUT2D eigenvalue weighted by atomic mass is 9.73. The molecule has 2 rings (SSSR count). The van der Waals surface area contributed by atoms with Crippen molar-refractivity contribution in [2.45, 2.75) is 58.9 Å². The molecule has 0 radical (unpaired) electrons. The third-order valence-corrected chi connectivity index (χ3v) is 4.08. The van der Waals surface area contributed by atoms with Crippen LogP contribution in [0.25, 0.3) is 0 Å². The van der Waals surface area contributed by atoms with Crippen molar-refractivity contribution in [1.82, 2.24) is 9.97 Å². The van der Waals surface area contributed by atoms with Gasteiger partial charge in [-0.2, -0.15) is 0 Å². The monoisotopic (exact) mass is 267 g/mol. The minimum Gasteiger partial charge on any atom is -0.367 e. The largest absolute Gasteiger partial charge is 0.367 e. The fourth-order valence-corrected chi connectivity index (χ4v) is 2.84. The zero-order valence-electron chi connectivity index (χ0n) is 11.5. The third kappa shape index (κ3) is 3.14. The van der Waals surface area contributed by atoms with Crippen LogP contribution in [0.1, 0.15) is 52.3 Å². The molecular weight excluding hydrogens is 246 g/mol. The number of hydrogen-bond donors (Lipinski definition) is 1. The summed E-state index contributed by atoms with van der Waals surface area (Å²) in [5.74, 6) is 1.67. The number of anilines is 1. The van der Waals surface area contributed by atoms with E-state index < -0.39 is 0 Å². The van der Waals surface area contributed by atoms with Crippen molar-refractivity contribution in [2.24, 2.45) is 5.41 Å². The van der Waals surface area contributed by atoms with Gasteiger partial charge in [-0.1, -0.05) is 45.2 Å². The first-order valence-corrected chi connectivity index (χ1v) is 7.19. The molecule has 1 N–H and O–H groups in total. The molecule has 1 heterocycles. The van der Waals surface area contributed by atoms with Gasteiger partial charge >= 0.3 is 0 Å². The van der Waals surface area contributed by atoms with Crippen molar-refractivity contribution in [2.75, 3.05) is 5.32 Å². The highest BCUT2D eigenvalue weighted by Crippen LogP contribution is 2.37. The summed E-state index contributed by atoms with van der Waals surface area (Å²) in [6.45, 7) is 6.70. The number of aryl methyl sites for hydroxylation is 1. The van der Waals surface area contributed by atoms with E-state index >= 15 is 0 Å². The number of hydrogen-bond acceptors (Lipinski definition) is 3. The van der Waals surface area contributed by atoms with E-state index in [0.717, 1.165) is 18.1 Å². The van der Waals surface area contributed by atoms with Gasteiger partial charge in [-0.3, -0.25) is 0 Å². The van der Waals surface area contributed by atoms with Crippen molar-refractivity contribution >= 4 is 17.4 Å². The molecule has 0 aliphatic heterocycles. The van der Waals surface area contributed by atoms with Crippen LogP contribution in [0.3, 0.4) is 0 Å². The maximum Gasteiger partial charge on any atom is 0.134 e. The van der Waals surface area contributed by atoms with E-state index in [-0.39, 0.29) is 0 Å². The average Bonchev–Trinajstić information content (AvgIpc) is 2.31. The first kappa shape index (κ1) is 13.6. The molecule has 4 heteroatoms. The van der Waals surface area contributed by atoms with Crippen molar-refractivity contribution in [3.63, 3.8) is 0 Å². The summed E-state index contributed by atoms with van der Waals surface area (Å²) < 4.78 is 0. The Bertz CT molecular complexity index is 418. The minimum absolute atomic E-state index is 0.321. The van der Waals surface area contributed by atoms with Crippen LogP contribution in [0.15, 0.2) is 6.07 Å². The van der Waals surface area contributed by atoms with Gasteiger partial charge in [0.05, 0.1) is 0 Å². The Balaban J connectivity index is 2.15. The van der Waals surface area contributed by atoms with Crippen LogP contribution in [-0.2, 0) is 6.42 Å². The van der Waals surface area contributed by atoms with Gasteiger partial charge < -0.3 is 5.32 Å². The number of nitrogens with one attached hydrogen (secondary N) is 1. The third-order valence-electron chi connectivity index (χ3n) is 3.89. The maximum absolute atomic E-state index is 6.03. The van der Waals surface area contributed by atoms with Gasteiger partial charge in [0.25, 0.3) is 0 Å². The molecule has 1 aliphatic rings. The molecule has 100 valence electrons. The molecule has 1 fully saturated rings. The normalized spacial score (nSPS) is 22.8. The van der Waals surface area contributed by atoms with E-state index in [0.29, 0.717) is 16.6 Å². The average molecular weight is 268 g/mol. The summed E-state index contributed by atoms with van der Waals surface area (Å²) in [6, 6.07) is 2.30. The Kier molecular flexibility index (Phi) is 4.10. The molecule has 1 atom stereocenters. The fourth-order valence-electron chi connectivity index (χ4n) is 2.64. The predicted octanol–water partition coefficient (Wildman–Crippen LogP) is 4.07. The Morgan fingerprint density at radius 1 is 1.39 bits per heavy atom. The summed E-state index contributed by atoms with van der Waals surface area (Å²) in [6.07, 6.45) is 5.90. The van der Waals surface area contributed by atoms with Gasteiger partial charge in [-0.15, -0.1) is 0 Å². The van der Waals surface area contributed by atoms with E-state index in [9.17, 15) is 0 Å². The Hall–Kier alpha value is -0.830. The first-order valence-electron chi connectivity index (χ1n) is 6.81. The lowest BCUT2D eigenvalue weighted by Crippen LogP contribution is -2.39. The molecule has 0 amide bonds. The van der Waals surface area contributed by atoms with Gasteiger partial charge in [0.2, 0.25) is 0 Å². The highest BCUT2D eigenvalue weighted by molar-refractivity contribution is 6.29. The molecule has 1 aromatic heterocycles. The van der Waals surface area contributed by atoms with Crippen LogP contribution < -0.4 is 5.32 Å². The first-order chi connectivity index (χ1) is 8.51. The van der Waals surface area contributed by atoms with Crippen LogP contribution in [0.2, 0.25) is 5.15 Å². The lowest BCUT2D eigenvalue weighted by molar-refractivity contribution is 0.216. The van der Waals surface area contributed by atoms with E-state index in [1.54, 1.807) is 0 Å². The Morgan fingerprint density at radius 3 is 2.83 bits per heavy atom. The predicted molar refractivity (Wildman–Crippen MR) is 76.1 cm³/mol. The number of aromatic nitrogens is 2. The Labute approximate surface area is 114 Å². The molecule has 0 spiro atoms. The van der Waals surface area contributed by atoms with Crippen molar-refractivity contribution in [1.29, 1.82) is 0 Å². The van der Waals surface area contributed by atoms with Crippen LogP contribution in [0.5, 0.6) is 0 Å². The molecule has 3 nitrogen and oxygen atoms in total. The molecule has 1 saturated carbocycles. The Morgan fingerprint density at radius 2 is 2.17 bits per heavy atom. The molecule has 1 aliphatic carbocycles. The summed E-state index contributed by atoms with van der Waals surface area (Å²) in [7, 11) is 0. The molecule has 0 aromatic carbocycles. The van der Waals surface area contributed by atoms with E-state index in [1.807, 2.05) is 13.0 Å². The second kappa shape index (κ2) is 5.43. The number of halogens is 1. The van der Waals surface area contributed by atoms with Gasteiger partial charge in [0.1, 0.15) is 16.8 Å². The molecule has 0 bridgehead atoms. The van der Waals surface area contributed by atoms with Crippen LogP contribution >= 0.6 is 11.6 Å². The SMILES string of the molecule is CCc1nc(Cl)cc(NC2CCCCC2(C)C)n1. The van der Waals surface area contributed by atoms with Gasteiger partial charge in [-0.25, -0.2) is 9.97 Å². The number of rotatable bonds is 3. The summed E-state index contributed by atoms with van der Waals surface area (Å²) in [4.78, 5) is 8.70. The molecule has 0 saturated heterocycles. The van der Waals surface area contributed by atoms with Gasteiger partial charge in [-0.05, 0) is 18.3 Å². The standard InChI is InChI=1S/C14H22ClN3/c1-4-12-17-11(15)9-13(18-12)16-10-7-5-6-8-14(10,2)3/h9-10H,4-8H2,1-3H3,(H,16,17,18). The van der Waals surface area contributed by atoms with E-state index in [4.69, 9.17) is 11.6 Å². The zero-order valence-corrected chi connectivity index (χ0v) is 12.2. The van der Waals surface area contributed by atoms with Gasteiger partial charge in [0.15, 0.2) is 0 Å². The molecule has 1 unspecified atom stereocenters. The summed E-state index contributed by atoms with van der Waals surface area (Å²) >= 11 is 6.03. The maximum atomic E-state index is 6.03. The van der Waals surface area contributed by atoms with Crippen molar-refractivity contribution in [3.8, 4) is 0 Å². The number of nitrogens with zero attached hydrogens (tertiary/aromatic N) is 2. The smallest absolute Gasteiger partial charge is 0.134 e. The second-order valence-corrected chi connectivity index (χ2v) is 6.16. The quantitative estimate of drug-likeness (QED) is 0.839. The minimum atomic E-state index is 0.321. The highest BCUT2D eigenvalue weighted by atomic mass is 35.5. The van der Waals surface area contributed by atoms with Crippen molar-refractivity contribution in [3.05, 3.63) is 17.0 Å². The van der Waals surface area contributed by atoms with Crippen LogP contribution in [-0.4, -0.2) is 16.0 Å². The molecule has 18 heavy (non-hydrogen) atoms. The van der Waals surface area contributed by atoms with Crippen LogP contribution in [0.4, 0.5) is 5.82 Å². The van der Waals surface area contributed by atoms with E-state index in [2.05, 4.69) is 29.1 Å². The fraction of sp³-hybridized carbons (Fsp3) is 0.714. The highest BCUT2D eigenvalue weighted by Gasteiger charge is 2.32. The van der Waals surface area contributed by atoms with E-state index in [1.165, 1.54) is 25.7 Å². The summed E-state index contributed by atoms with van der Waals surface area (Å²) in [5, 5.41) is 4.08. The zero-order chi connectivity index (χ0) is 13.2. The topological polar surface area (TPSA) is 37.8 Å². The van der Waals surface area contributed by atoms with Crippen molar-refractivity contribution < 1.29 is 0 Å². The van der Waals surface area contributed by atoms with Crippen LogP contribution in [0, 0.1) is 5.41 Å². The summed E-state index contributed by atoms with van der Waals surface area (Å²) in [5.41, 5.74) is 0.321. The molecular formula is C14H22ClN3. The second-order valence-electron chi connectivity index (χ2n) is 5.78. The molecule has 1 aromatic rings. The van der Waals surface area contributed by atoms with Gasteiger partial charge in [0, 0.05) is 18.5 Å². The lowest BCUT2D eigenvalue weighted by Gasteiger charge is -2.39.